The molecule has 0 fully saturated rings. The molecular formula is C15H18N2O3. The number of carbonyl (C=O) groups is 1. The zero-order valence-electron chi connectivity index (χ0n) is 11.4. The molecule has 0 radical (unpaired) electrons. The molecule has 2 N–H and O–H groups in total. The van der Waals surface area contributed by atoms with E-state index in [1.165, 1.54) is 0 Å². The first-order valence-corrected chi connectivity index (χ1v) is 6.50. The van der Waals surface area contributed by atoms with E-state index in [2.05, 4.69) is 10.3 Å². The number of nitrogens with one attached hydrogen (secondary N) is 1. The molecule has 1 unspecified atom stereocenters. The van der Waals surface area contributed by atoms with E-state index in [9.17, 15) is 4.79 Å². The number of benzene rings is 1. The fourth-order valence-corrected chi connectivity index (χ4v) is 2.11. The molecule has 0 spiro atoms. The van der Waals surface area contributed by atoms with E-state index < -0.39 is 0 Å². The molecule has 1 amide bonds. The number of methoxy groups -OCH3 is 1. The molecule has 0 aliphatic carbocycles. The molecule has 2 rings (SSSR count). The van der Waals surface area contributed by atoms with Gasteiger partial charge in [0.25, 0.3) is 5.91 Å². The first-order valence-electron chi connectivity index (χ1n) is 6.50. The number of aliphatic hydroxyl groups excluding tert-OH is 1. The van der Waals surface area contributed by atoms with Crippen molar-refractivity contribution in [2.75, 3.05) is 20.3 Å². The summed E-state index contributed by atoms with van der Waals surface area (Å²) in [6.07, 6.45) is 2.08. The van der Waals surface area contributed by atoms with Gasteiger partial charge in [0.1, 0.15) is 0 Å². The van der Waals surface area contributed by atoms with Crippen LogP contribution in [0.2, 0.25) is 0 Å². The number of hydrogen-bond acceptors (Lipinski definition) is 4. The quantitative estimate of drug-likeness (QED) is 0.834. The second kappa shape index (κ2) is 6.98. The fraction of sp³-hybridized carbons (Fsp3) is 0.333. The minimum Gasteiger partial charge on any atom is -0.396 e. The van der Waals surface area contributed by atoms with Crippen LogP contribution < -0.4 is 5.32 Å². The molecule has 1 heterocycles. The van der Waals surface area contributed by atoms with Crippen molar-refractivity contribution in [3.8, 4) is 0 Å². The van der Waals surface area contributed by atoms with Gasteiger partial charge in [-0.1, -0.05) is 18.2 Å². The zero-order valence-corrected chi connectivity index (χ0v) is 11.4. The first kappa shape index (κ1) is 14.4. The highest BCUT2D eigenvalue weighted by molar-refractivity contribution is 6.06. The van der Waals surface area contributed by atoms with Gasteiger partial charge in [-0.15, -0.1) is 0 Å². The van der Waals surface area contributed by atoms with E-state index >= 15 is 0 Å². The predicted molar refractivity (Wildman–Crippen MR) is 76.6 cm³/mol. The monoisotopic (exact) mass is 274 g/mol. The van der Waals surface area contributed by atoms with Crippen LogP contribution in [0.15, 0.2) is 36.5 Å². The van der Waals surface area contributed by atoms with E-state index in [4.69, 9.17) is 9.84 Å². The third kappa shape index (κ3) is 3.31. The van der Waals surface area contributed by atoms with Gasteiger partial charge < -0.3 is 15.2 Å². The van der Waals surface area contributed by atoms with E-state index in [0.717, 1.165) is 10.9 Å². The third-order valence-electron chi connectivity index (χ3n) is 3.07. The van der Waals surface area contributed by atoms with Gasteiger partial charge in [-0.3, -0.25) is 9.78 Å². The Balaban J connectivity index is 2.22. The number of ether oxygens (including phenoxy) is 1. The number of rotatable bonds is 6. The summed E-state index contributed by atoms with van der Waals surface area (Å²) in [5.41, 5.74) is 1.36. The lowest BCUT2D eigenvalue weighted by atomic mass is 10.1. The molecule has 1 aromatic heterocycles. The number of carbonyl (C=O) groups excluding carboxylic acids is 1. The van der Waals surface area contributed by atoms with Crippen molar-refractivity contribution in [3.05, 3.63) is 42.1 Å². The normalized spacial score (nSPS) is 12.3. The summed E-state index contributed by atoms with van der Waals surface area (Å²) in [5, 5.41) is 12.7. The molecule has 2 aromatic rings. The molecule has 0 saturated heterocycles. The summed E-state index contributed by atoms with van der Waals surface area (Å²) in [6, 6.07) is 8.99. The first-order chi connectivity index (χ1) is 9.76. The van der Waals surface area contributed by atoms with Crippen molar-refractivity contribution in [2.24, 2.45) is 0 Å². The number of nitrogens with zero attached hydrogens (tertiary/aromatic N) is 1. The lowest BCUT2D eigenvalue weighted by molar-refractivity contribution is 0.0880. The summed E-state index contributed by atoms with van der Waals surface area (Å²) in [7, 11) is 1.57. The van der Waals surface area contributed by atoms with Crippen LogP contribution in [0, 0.1) is 0 Å². The average molecular weight is 274 g/mol. The zero-order chi connectivity index (χ0) is 14.4. The minimum absolute atomic E-state index is 0.00536. The Morgan fingerprint density at radius 3 is 2.95 bits per heavy atom. The third-order valence-corrected chi connectivity index (χ3v) is 3.07. The predicted octanol–water partition coefficient (Wildman–Crippen LogP) is 1.36. The van der Waals surface area contributed by atoms with E-state index in [1.807, 2.05) is 24.3 Å². The van der Waals surface area contributed by atoms with E-state index in [1.54, 1.807) is 19.4 Å². The number of aliphatic hydroxyl groups is 1. The van der Waals surface area contributed by atoms with Crippen LogP contribution in [-0.4, -0.2) is 42.4 Å². The molecular weight excluding hydrogens is 256 g/mol. The van der Waals surface area contributed by atoms with Crippen LogP contribution in [0.3, 0.4) is 0 Å². The van der Waals surface area contributed by atoms with Crippen molar-refractivity contribution < 1.29 is 14.6 Å². The maximum absolute atomic E-state index is 12.3. The number of fused-ring (bicyclic) bond motifs is 1. The maximum Gasteiger partial charge on any atom is 0.252 e. The maximum atomic E-state index is 12.3. The van der Waals surface area contributed by atoms with Gasteiger partial charge in [0.15, 0.2) is 0 Å². The largest absolute Gasteiger partial charge is 0.396 e. The van der Waals surface area contributed by atoms with Crippen LogP contribution in [0.5, 0.6) is 0 Å². The Hall–Kier alpha value is -1.98. The second-order valence-electron chi connectivity index (χ2n) is 4.51. The number of para-hydroxylation sites is 1. The Labute approximate surface area is 117 Å². The Morgan fingerprint density at radius 1 is 1.40 bits per heavy atom. The van der Waals surface area contributed by atoms with Gasteiger partial charge in [-0.25, -0.2) is 0 Å². The van der Waals surface area contributed by atoms with Crippen LogP contribution in [-0.2, 0) is 4.74 Å². The molecule has 0 aliphatic heterocycles. The molecule has 0 bridgehead atoms. The molecule has 20 heavy (non-hydrogen) atoms. The van der Waals surface area contributed by atoms with Gasteiger partial charge in [-0.2, -0.15) is 0 Å². The average Bonchev–Trinajstić information content (AvgIpc) is 2.47. The minimum atomic E-state index is -0.204. The lowest BCUT2D eigenvalue weighted by Crippen LogP contribution is -2.38. The van der Waals surface area contributed by atoms with Gasteiger partial charge in [0, 0.05) is 25.3 Å². The van der Waals surface area contributed by atoms with Crippen LogP contribution >= 0.6 is 0 Å². The molecule has 1 aromatic carbocycles. The highest BCUT2D eigenvalue weighted by Gasteiger charge is 2.15. The molecule has 1 atom stereocenters. The highest BCUT2D eigenvalue weighted by Crippen LogP contribution is 2.16. The van der Waals surface area contributed by atoms with Crippen LogP contribution in [0.1, 0.15) is 16.8 Å². The number of pyridine rings is 1. The van der Waals surface area contributed by atoms with E-state index in [-0.39, 0.29) is 18.6 Å². The summed E-state index contributed by atoms with van der Waals surface area (Å²) in [5.74, 6) is -0.181. The number of aromatic nitrogens is 1. The lowest BCUT2D eigenvalue weighted by Gasteiger charge is -2.17. The SMILES string of the molecule is COCC(CCO)NC(=O)c1ccnc2ccccc12. The smallest absolute Gasteiger partial charge is 0.252 e. The molecule has 0 saturated carbocycles. The molecule has 5 heteroatoms. The Kier molecular flexibility index (Phi) is 5.03. The second-order valence-corrected chi connectivity index (χ2v) is 4.51. The molecule has 106 valence electrons. The van der Waals surface area contributed by atoms with Gasteiger partial charge in [-0.05, 0) is 18.6 Å². The Morgan fingerprint density at radius 2 is 2.20 bits per heavy atom. The number of hydrogen-bond donors (Lipinski definition) is 2. The summed E-state index contributed by atoms with van der Waals surface area (Å²) < 4.78 is 5.04. The van der Waals surface area contributed by atoms with Crippen LogP contribution in [0.25, 0.3) is 10.9 Å². The molecule has 0 aliphatic rings. The van der Waals surface area contributed by atoms with Crippen molar-refractivity contribution in [1.29, 1.82) is 0 Å². The fourth-order valence-electron chi connectivity index (χ4n) is 2.11. The standard InChI is InChI=1S/C15H18N2O3/c1-20-10-11(7-9-18)17-15(19)13-6-8-16-14-5-3-2-4-12(13)14/h2-6,8,11,18H,7,9-10H2,1H3,(H,17,19). The molecule has 5 nitrogen and oxygen atoms in total. The topological polar surface area (TPSA) is 71.5 Å². The summed E-state index contributed by atoms with van der Waals surface area (Å²) in [6.45, 7) is 0.376. The van der Waals surface area contributed by atoms with Gasteiger partial charge in [0.2, 0.25) is 0 Å². The summed E-state index contributed by atoms with van der Waals surface area (Å²) >= 11 is 0. The van der Waals surface area contributed by atoms with Crippen molar-refractivity contribution in [2.45, 2.75) is 12.5 Å². The van der Waals surface area contributed by atoms with Crippen molar-refractivity contribution in [1.82, 2.24) is 10.3 Å². The van der Waals surface area contributed by atoms with Gasteiger partial charge >= 0.3 is 0 Å². The van der Waals surface area contributed by atoms with Crippen molar-refractivity contribution >= 4 is 16.8 Å². The van der Waals surface area contributed by atoms with E-state index in [0.29, 0.717) is 18.6 Å². The highest BCUT2D eigenvalue weighted by atomic mass is 16.5. The van der Waals surface area contributed by atoms with Gasteiger partial charge in [0.05, 0.1) is 23.7 Å². The van der Waals surface area contributed by atoms with Crippen LogP contribution in [0.4, 0.5) is 0 Å². The number of amides is 1. The summed E-state index contributed by atoms with van der Waals surface area (Å²) in [4.78, 5) is 16.6. The Bertz CT molecular complexity index is 575. The van der Waals surface area contributed by atoms with Crippen molar-refractivity contribution in [3.63, 3.8) is 0 Å².